The second-order valence-corrected chi connectivity index (χ2v) is 6.88. The normalized spacial score (nSPS) is 17.7. The zero-order valence-electron chi connectivity index (χ0n) is 10.9. The van der Waals surface area contributed by atoms with Crippen LogP contribution in [-0.4, -0.2) is 15.0 Å². The molecule has 18 heavy (non-hydrogen) atoms. The van der Waals surface area contributed by atoms with Crippen molar-refractivity contribution in [1.29, 1.82) is 0 Å². The summed E-state index contributed by atoms with van der Waals surface area (Å²) in [6, 6.07) is 4.98. The quantitative estimate of drug-likeness (QED) is 0.803. The fourth-order valence-corrected chi connectivity index (χ4v) is 3.51. The van der Waals surface area contributed by atoms with Crippen LogP contribution in [0.2, 0.25) is 0 Å². The largest absolute Gasteiger partial charge is 0.398 e. The first-order chi connectivity index (χ1) is 8.40. The summed E-state index contributed by atoms with van der Waals surface area (Å²) in [4.78, 5) is 0.286. The molecule has 0 bridgehead atoms. The molecule has 0 aromatic heterocycles. The molecule has 0 atom stereocenters. The average molecular weight is 268 g/mol. The maximum atomic E-state index is 12.2. The Kier molecular flexibility index (Phi) is 3.38. The Morgan fingerprint density at radius 3 is 2.61 bits per heavy atom. The van der Waals surface area contributed by atoms with Gasteiger partial charge in [0, 0.05) is 12.2 Å². The van der Waals surface area contributed by atoms with Crippen molar-refractivity contribution in [3.8, 4) is 0 Å². The molecular weight excluding hydrogens is 248 g/mol. The van der Waals surface area contributed by atoms with Gasteiger partial charge in [-0.25, -0.2) is 13.1 Å². The van der Waals surface area contributed by atoms with Gasteiger partial charge in [-0.3, -0.25) is 0 Å². The topological polar surface area (TPSA) is 72.2 Å². The lowest BCUT2D eigenvalue weighted by atomic mass is 10.1. The van der Waals surface area contributed by atoms with Gasteiger partial charge in [-0.2, -0.15) is 0 Å². The number of nitrogen functional groups attached to an aromatic ring is 1. The molecule has 5 heteroatoms. The highest BCUT2D eigenvalue weighted by Crippen LogP contribution is 2.48. The Hall–Kier alpha value is -1.07. The van der Waals surface area contributed by atoms with Gasteiger partial charge >= 0.3 is 0 Å². The van der Waals surface area contributed by atoms with Gasteiger partial charge in [0.15, 0.2) is 0 Å². The van der Waals surface area contributed by atoms with Crippen LogP contribution in [0.15, 0.2) is 23.1 Å². The first-order valence-corrected chi connectivity index (χ1v) is 7.73. The van der Waals surface area contributed by atoms with Gasteiger partial charge in [0.25, 0.3) is 0 Å². The molecule has 0 heterocycles. The van der Waals surface area contributed by atoms with Gasteiger partial charge < -0.3 is 5.73 Å². The summed E-state index contributed by atoms with van der Waals surface area (Å²) in [5.41, 5.74) is 7.07. The molecule has 2 rings (SSSR count). The van der Waals surface area contributed by atoms with E-state index >= 15 is 0 Å². The van der Waals surface area contributed by atoms with Gasteiger partial charge in [0.05, 0.1) is 4.90 Å². The molecule has 0 aliphatic heterocycles. The van der Waals surface area contributed by atoms with E-state index < -0.39 is 10.0 Å². The van der Waals surface area contributed by atoms with Gasteiger partial charge in [0.1, 0.15) is 0 Å². The Morgan fingerprint density at radius 1 is 1.39 bits per heavy atom. The maximum Gasteiger partial charge on any atom is 0.240 e. The third-order valence-electron chi connectivity index (χ3n) is 3.96. The van der Waals surface area contributed by atoms with Crippen LogP contribution in [0.4, 0.5) is 5.69 Å². The summed E-state index contributed by atoms with van der Waals surface area (Å²) >= 11 is 0. The van der Waals surface area contributed by atoms with E-state index in [2.05, 4.69) is 11.6 Å². The number of anilines is 1. The van der Waals surface area contributed by atoms with Crippen molar-refractivity contribution < 1.29 is 8.42 Å². The van der Waals surface area contributed by atoms with Crippen LogP contribution in [0.3, 0.4) is 0 Å². The Bertz CT molecular complexity index is 548. The minimum absolute atomic E-state index is 0.196. The molecule has 0 radical (unpaired) electrons. The predicted molar refractivity (Wildman–Crippen MR) is 72.7 cm³/mol. The smallest absolute Gasteiger partial charge is 0.240 e. The predicted octanol–water partition coefficient (Wildman–Crippen LogP) is 2.05. The standard InChI is InChI=1S/C13H20N2O2S/c1-3-13(7-8-13)9-15-18(16,17)12-6-4-5-11(14)10(12)2/h4-6,15H,3,7-9,14H2,1-2H3. The molecule has 0 amide bonds. The van der Waals surface area contributed by atoms with Crippen molar-refractivity contribution in [3.63, 3.8) is 0 Å². The van der Waals surface area contributed by atoms with E-state index in [1.165, 1.54) is 0 Å². The molecular formula is C13H20N2O2S. The maximum absolute atomic E-state index is 12.2. The third-order valence-corrected chi connectivity index (χ3v) is 5.51. The SMILES string of the molecule is CCC1(CNS(=O)(=O)c2cccc(N)c2C)CC1. The zero-order chi connectivity index (χ0) is 13.4. The Balaban J connectivity index is 2.18. The van der Waals surface area contributed by atoms with E-state index in [1.54, 1.807) is 25.1 Å². The van der Waals surface area contributed by atoms with Crippen molar-refractivity contribution in [2.75, 3.05) is 12.3 Å². The average Bonchev–Trinajstić information content (AvgIpc) is 3.11. The molecule has 4 nitrogen and oxygen atoms in total. The molecule has 1 saturated carbocycles. The van der Waals surface area contributed by atoms with Crippen molar-refractivity contribution in [2.45, 2.75) is 38.0 Å². The monoisotopic (exact) mass is 268 g/mol. The van der Waals surface area contributed by atoms with Crippen molar-refractivity contribution in [3.05, 3.63) is 23.8 Å². The highest BCUT2D eigenvalue weighted by atomic mass is 32.2. The number of nitrogens with one attached hydrogen (secondary N) is 1. The summed E-state index contributed by atoms with van der Waals surface area (Å²) in [5.74, 6) is 0. The number of nitrogens with two attached hydrogens (primary N) is 1. The fourth-order valence-electron chi connectivity index (χ4n) is 2.08. The number of benzene rings is 1. The second-order valence-electron chi connectivity index (χ2n) is 5.15. The van der Waals surface area contributed by atoms with Gasteiger partial charge in [-0.1, -0.05) is 13.0 Å². The molecule has 1 aliphatic rings. The van der Waals surface area contributed by atoms with E-state index in [0.717, 1.165) is 19.3 Å². The zero-order valence-corrected chi connectivity index (χ0v) is 11.7. The van der Waals surface area contributed by atoms with Crippen LogP contribution in [0.25, 0.3) is 0 Å². The van der Waals surface area contributed by atoms with Crippen LogP contribution >= 0.6 is 0 Å². The minimum Gasteiger partial charge on any atom is -0.398 e. The van der Waals surface area contributed by atoms with E-state index in [9.17, 15) is 8.42 Å². The first-order valence-electron chi connectivity index (χ1n) is 6.25. The Labute approximate surface area is 109 Å². The lowest BCUT2D eigenvalue weighted by Gasteiger charge is -2.15. The summed E-state index contributed by atoms with van der Waals surface area (Å²) in [6.45, 7) is 4.36. The summed E-state index contributed by atoms with van der Waals surface area (Å²) in [5, 5.41) is 0. The highest BCUT2D eigenvalue weighted by Gasteiger charge is 2.41. The number of sulfonamides is 1. The van der Waals surface area contributed by atoms with Crippen molar-refractivity contribution in [1.82, 2.24) is 4.72 Å². The minimum atomic E-state index is -3.45. The van der Waals surface area contributed by atoms with E-state index in [0.29, 0.717) is 17.8 Å². The first kappa shape index (κ1) is 13.4. The van der Waals surface area contributed by atoms with E-state index in [-0.39, 0.29) is 10.3 Å². The highest BCUT2D eigenvalue weighted by molar-refractivity contribution is 7.89. The number of rotatable bonds is 5. The number of hydrogen-bond acceptors (Lipinski definition) is 3. The van der Waals surface area contributed by atoms with Crippen LogP contribution in [0.1, 0.15) is 31.7 Å². The molecule has 0 unspecified atom stereocenters. The van der Waals surface area contributed by atoms with Crippen LogP contribution in [-0.2, 0) is 10.0 Å². The second kappa shape index (κ2) is 4.55. The third kappa shape index (κ3) is 2.52. The van der Waals surface area contributed by atoms with Crippen molar-refractivity contribution in [2.24, 2.45) is 5.41 Å². The van der Waals surface area contributed by atoms with Crippen LogP contribution in [0, 0.1) is 12.3 Å². The molecule has 3 N–H and O–H groups in total. The summed E-state index contributed by atoms with van der Waals surface area (Å²) in [7, 11) is -3.45. The fraction of sp³-hybridized carbons (Fsp3) is 0.538. The van der Waals surface area contributed by atoms with E-state index in [4.69, 9.17) is 5.73 Å². The lowest BCUT2D eigenvalue weighted by Crippen LogP contribution is -2.30. The Morgan fingerprint density at radius 2 is 2.06 bits per heavy atom. The number of hydrogen-bond donors (Lipinski definition) is 2. The molecule has 1 aromatic rings. The van der Waals surface area contributed by atoms with Gasteiger partial charge in [0.2, 0.25) is 10.0 Å². The summed E-state index contributed by atoms with van der Waals surface area (Å²) < 4.78 is 27.2. The molecule has 0 saturated heterocycles. The van der Waals surface area contributed by atoms with Crippen molar-refractivity contribution >= 4 is 15.7 Å². The van der Waals surface area contributed by atoms with Crippen LogP contribution < -0.4 is 10.5 Å². The van der Waals surface area contributed by atoms with Crippen LogP contribution in [0.5, 0.6) is 0 Å². The molecule has 1 aromatic carbocycles. The van der Waals surface area contributed by atoms with E-state index in [1.807, 2.05) is 0 Å². The molecule has 100 valence electrons. The molecule has 1 fully saturated rings. The molecule has 0 spiro atoms. The molecule has 1 aliphatic carbocycles. The van der Waals surface area contributed by atoms with Gasteiger partial charge in [-0.15, -0.1) is 0 Å². The van der Waals surface area contributed by atoms with Gasteiger partial charge in [-0.05, 0) is 49.3 Å². The summed E-state index contributed by atoms with van der Waals surface area (Å²) in [6.07, 6.45) is 3.25. The lowest BCUT2D eigenvalue weighted by molar-refractivity contribution is 0.475.